The molecule has 9 nitrogen and oxygen atoms in total. The second kappa shape index (κ2) is 10.4. The third kappa shape index (κ3) is 5.46. The molecule has 3 N–H and O–H groups in total. The van der Waals surface area contributed by atoms with Gasteiger partial charge in [-0.25, -0.2) is 9.59 Å². The highest BCUT2D eigenvalue weighted by molar-refractivity contribution is 5.91. The first kappa shape index (κ1) is 28.8. The van der Waals surface area contributed by atoms with Gasteiger partial charge in [-0.05, 0) is 26.0 Å². The van der Waals surface area contributed by atoms with Gasteiger partial charge in [0.15, 0.2) is 0 Å². The average Bonchev–Trinajstić information content (AvgIpc) is 2.70. The summed E-state index contributed by atoms with van der Waals surface area (Å²) in [6, 6.07) is 1.56. The first-order valence-electron chi connectivity index (χ1n) is 9.47. The van der Waals surface area contributed by atoms with Crippen LogP contribution >= 0.6 is 0 Å². The Morgan fingerprint density at radius 3 is 1.88 bits per heavy atom. The maximum atomic E-state index is 14.1. The summed E-state index contributed by atoms with van der Waals surface area (Å²) in [4.78, 5) is 35.9. The first-order valence-corrected chi connectivity index (χ1v) is 9.47. The molecule has 0 fully saturated rings. The molecule has 15 heteroatoms. The van der Waals surface area contributed by atoms with E-state index in [4.69, 9.17) is 4.74 Å². The van der Waals surface area contributed by atoms with Crippen molar-refractivity contribution in [1.29, 1.82) is 0 Å². The minimum atomic E-state index is -5.66. The Kier molecular flexibility index (Phi) is 8.78. The molecule has 0 bridgehead atoms. The summed E-state index contributed by atoms with van der Waals surface area (Å²) < 4.78 is 96.8. The van der Waals surface area contributed by atoms with Crippen LogP contribution in [-0.4, -0.2) is 61.3 Å². The molecule has 0 aromatic heterocycles. The Labute approximate surface area is 189 Å². The monoisotopic (exact) mass is 504 g/mol. The molecule has 1 aromatic rings. The minimum absolute atomic E-state index is 0.296. The Morgan fingerprint density at radius 1 is 0.941 bits per heavy atom. The number of aliphatic hydroxyl groups is 1. The van der Waals surface area contributed by atoms with Gasteiger partial charge in [0.05, 0.1) is 26.0 Å². The maximum Gasteiger partial charge on any atom is 0.441 e. The zero-order chi connectivity index (χ0) is 26.5. The molecule has 0 saturated heterocycles. The number of esters is 2. The molecule has 1 amide bonds. The van der Waals surface area contributed by atoms with Crippen LogP contribution in [0.5, 0.6) is 5.75 Å². The van der Waals surface area contributed by atoms with Crippen molar-refractivity contribution in [1.82, 2.24) is 5.32 Å². The van der Waals surface area contributed by atoms with Gasteiger partial charge < -0.3 is 30.0 Å². The number of nitrogens with one attached hydrogen (secondary N) is 2. The minimum Gasteiger partial charge on any atom is -0.495 e. The van der Waals surface area contributed by atoms with Crippen LogP contribution in [-0.2, 0) is 29.5 Å². The number of hydrogen-bond donors (Lipinski definition) is 3. The van der Waals surface area contributed by atoms with E-state index < -0.39 is 71.7 Å². The molecule has 0 aliphatic rings. The lowest BCUT2D eigenvalue weighted by Crippen LogP contribution is -2.69. The summed E-state index contributed by atoms with van der Waals surface area (Å²) in [5, 5.41) is 13.2. The molecule has 0 heterocycles. The standard InChI is InChI=1S/C19H22F6N2O7/c1-5-33-14(29)16(31,18(20,21)22)11-7-8-13(32-4)12(9-11)27-17(19(23,24)25,26-10(3)28)15(30)34-6-2/h7-9,27,31H,5-6H2,1-4H3,(H,26,28)/t16-,17+/m0/s1. The highest BCUT2D eigenvalue weighted by atomic mass is 19.4. The van der Waals surface area contributed by atoms with E-state index in [-0.39, 0.29) is 0 Å². The number of ether oxygens (including phenoxy) is 3. The molecule has 0 unspecified atom stereocenters. The largest absolute Gasteiger partial charge is 0.495 e. The normalized spacial score (nSPS) is 15.4. The second-order valence-corrected chi connectivity index (χ2v) is 6.62. The molecule has 0 saturated carbocycles. The first-order chi connectivity index (χ1) is 15.5. The van der Waals surface area contributed by atoms with Gasteiger partial charge >= 0.3 is 30.0 Å². The number of methoxy groups -OCH3 is 1. The van der Waals surface area contributed by atoms with Crippen molar-refractivity contribution in [2.45, 2.75) is 44.4 Å². The van der Waals surface area contributed by atoms with Gasteiger partial charge in [0, 0.05) is 12.5 Å². The zero-order valence-corrected chi connectivity index (χ0v) is 18.3. The lowest BCUT2D eigenvalue weighted by atomic mass is 9.92. The number of hydrogen-bond acceptors (Lipinski definition) is 8. The zero-order valence-electron chi connectivity index (χ0n) is 18.3. The summed E-state index contributed by atoms with van der Waals surface area (Å²) in [5.41, 5.74) is -10.5. The Hall–Kier alpha value is -3.23. The maximum absolute atomic E-state index is 14.1. The predicted molar refractivity (Wildman–Crippen MR) is 102 cm³/mol. The Bertz CT molecular complexity index is 921. The Morgan fingerprint density at radius 2 is 1.47 bits per heavy atom. The summed E-state index contributed by atoms with van der Waals surface area (Å²) in [7, 11) is 0.944. The van der Waals surface area contributed by atoms with Crippen LogP contribution in [0.2, 0.25) is 0 Å². The van der Waals surface area contributed by atoms with Gasteiger partial charge in [0.25, 0.3) is 5.60 Å². The molecule has 192 valence electrons. The summed E-state index contributed by atoms with van der Waals surface area (Å²) in [5.74, 6) is -6.08. The highest BCUT2D eigenvalue weighted by Gasteiger charge is 2.65. The summed E-state index contributed by atoms with van der Waals surface area (Å²) in [6.07, 6.45) is -11.3. The number of benzene rings is 1. The molecule has 1 aromatic carbocycles. The number of alkyl halides is 6. The van der Waals surface area contributed by atoms with E-state index in [1.54, 1.807) is 5.32 Å². The molecule has 0 aliphatic heterocycles. The van der Waals surface area contributed by atoms with Crippen molar-refractivity contribution in [3.63, 3.8) is 0 Å². The molecular weight excluding hydrogens is 482 g/mol. The van der Waals surface area contributed by atoms with Gasteiger partial charge in [-0.3, -0.25) is 4.79 Å². The third-order valence-corrected chi connectivity index (χ3v) is 4.29. The van der Waals surface area contributed by atoms with Crippen molar-refractivity contribution < 1.29 is 60.0 Å². The van der Waals surface area contributed by atoms with E-state index in [0.717, 1.165) is 7.11 Å². The van der Waals surface area contributed by atoms with Crippen LogP contribution in [0.1, 0.15) is 26.3 Å². The summed E-state index contributed by atoms with van der Waals surface area (Å²) >= 11 is 0. The van der Waals surface area contributed by atoms with Crippen LogP contribution in [0.4, 0.5) is 32.0 Å². The van der Waals surface area contributed by atoms with Crippen molar-refractivity contribution in [3.05, 3.63) is 23.8 Å². The third-order valence-electron chi connectivity index (χ3n) is 4.29. The number of anilines is 1. The number of carbonyl (C=O) groups excluding carboxylic acids is 3. The van der Waals surface area contributed by atoms with Crippen LogP contribution in [0.15, 0.2) is 18.2 Å². The van der Waals surface area contributed by atoms with Crippen LogP contribution in [0, 0.1) is 0 Å². The molecule has 0 spiro atoms. The molecule has 0 radical (unpaired) electrons. The van der Waals surface area contributed by atoms with Gasteiger partial charge in [0.1, 0.15) is 5.75 Å². The van der Waals surface area contributed by atoms with Crippen LogP contribution in [0.25, 0.3) is 0 Å². The van der Waals surface area contributed by atoms with Crippen LogP contribution in [0.3, 0.4) is 0 Å². The van der Waals surface area contributed by atoms with Gasteiger partial charge in [0.2, 0.25) is 5.91 Å². The number of rotatable bonds is 9. The van der Waals surface area contributed by atoms with E-state index in [9.17, 15) is 45.8 Å². The van der Waals surface area contributed by atoms with Crippen molar-refractivity contribution in [2.75, 3.05) is 25.6 Å². The van der Waals surface area contributed by atoms with E-state index in [2.05, 4.69) is 9.47 Å². The molecule has 0 aliphatic carbocycles. The van der Waals surface area contributed by atoms with Gasteiger partial charge in [-0.2, -0.15) is 26.3 Å². The highest BCUT2D eigenvalue weighted by Crippen LogP contribution is 2.43. The van der Waals surface area contributed by atoms with Gasteiger partial charge in [-0.1, -0.05) is 6.07 Å². The molecule has 34 heavy (non-hydrogen) atoms. The van der Waals surface area contributed by atoms with Crippen LogP contribution < -0.4 is 15.4 Å². The van der Waals surface area contributed by atoms with Crippen molar-refractivity contribution >= 4 is 23.5 Å². The van der Waals surface area contributed by atoms with Crippen molar-refractivity contribution in [3.8, 4) is 5.75 Å². The Balaban J connectivity index is 3.86. The second-order valence-electron chi connectivity index (χ2n) is 6.62. The predicted octanol–water partition coefficient (Wildman–Crippen LogP) is 2.38. The SMILES string of the molecule is CCOC(=O)[C@@](NC(C)=O)(Nc1cc([C@](O)(C(=O)OCC)C(F)(F)F)ccc1OC)C(F)(F)F. The quantitative estimate of drug-likeness (QED) is 0.266. The fourth-order valence-corrected chi connectivity index (χ4v) is 2.76. The molecular formula is C19H22F6N2O7. The van der Waals surface area contributed by atoms with E-state index in [1.165, 1.54) is 19.2 Å². The fourth-order valence-electron chi connectivity index (χ4n) is 2.76. The fraction of sp³-hybridized carbons (Fsp3) is 0.526. The van der Waals surface area contributed by atoms with Crippen molar-refractivity contribution in [2.24, 2.45) is 0 Å². The molecule has 2 atom stereocenters. The number of carbonyl (C=O) groups is 3. The van der Waals surface area contributed by atoms with Gasteiger partial charge in [-0.15, -0.1) is 0 Å². The lowest BCUT2D eigenvalue weighted by Gasteiger charge is -2.36. The topological polar surface area (TPSA) is 123 Å². The van der Waals surface area contributed by atoms with E-state index >= 15 is 0 Å². The smallest absolute Gasteiger partial charge is 0.441 e. The molecule has 1 rings (SSSR count). The van der Waals surface area contributed by atoms with E-state index in [0.29, 0.717) is 25.1 Å². The average molecular weight is 504 g/mol. The summed E-state index contributed by atoms with van der Waals surface area (Å²) in [6.45, 7) is 1.89. The number of amides is 1. The van der Waals surface area contributed by atoms with E-state index in [1.807, 2.05) is 0 Å². The lowest BCUT2D eigenvalue weighted by molar-refractivity contribution is -0.267. The number of halogens is 6.